The molecule has 0 amide bonds. The third-order valence-electron chi connectivity index (χ3n) is 3.58. The van der Waals surface area contributed by atoms with E-state index in [-0.39, 0.29) is 11.7 Å². The third-order valence-corrected chi connectivity index (χ3v) is 3.58. The molecule has 0 bridgehead atoms. The molecule has 2 atom stereocenters. The van der Waals surface area contributed by atoms with Crippen molar-refractivity contribution >= 4 is 11.8 Å². The third kappa shape index (κ3) is 3.09. The van der Waals surface area contributed by atoms with Crippen LogP contribution in [0.25, 0.3) is 0 Å². The number of ketones is 1. The number of Topliss-reactive ketones (excluding diaryl/α,β-unsaturated/α-hetero) is 1. The van der Waals surface area contributed by atoms with Crippen molar-refractivity contribution < 1.29 is 14.3 Å². The maximum Gasteiger partial charge on any atom is 0.334 e. The molecule has 0 saturated carbocycles. The molecule has 100 valence electrons. The summed E-state index contributed by atoms with van der Waals surface area (Å²) in [6, 6.07) is 0. The SMILES string of the molecule is C/C=C(/C)C(=O)O[C@@H]1C(=O)C(C)=CC[C@H]1C(C)C. The smallest absolute Gasteiger partial charge is 0.334 e. The lowest BCUT2D eigenvalue weighted by Crippen LogP contribution is -2.40. The second kappa shape index (κ2) is 5.98. The van der Waals surface area contributed by atoms with Crippen LogP contribution in [-0.4, -0.2) is 17.9 Å². The molecule has 3 nitrogen and oxygen atoms in total. The first-order valence-electron chi connectivity index (χ1n) is 6.43. The minimum Gasteiger partial charge on any atom is -0.450 e. The Morgan fingerprint density at radius 3 is 2.61 bits per heavy atom. The number of hydrogen-bond acceptors (Lipinski definition) is 3. The Balaban J connectivity index is 2.91. The van der Waals surface area contributed by atoms with E-state index in [0.29, 0.717) is 17.1 Å². The minimum absolute atomic E-state index is 0.0581. The van der Waals surface area contributed by atoms with Gasteiger partial charge in [-0.2, -0.15) is 0 Å². The van der Waals surface area contributed by atoms with Gasteiger partial charge < -0.3 is 4.74 Å². The number of hydrogen-bond donors (Lipinski definition) is 0. The van der Waals surface area contributed by atoms with Crippen LogP contribution in [0.3, 0.4) is 0 Å². The van der Waals surface area contributed by atoms with Gasteiger partial charge in [0.25, 0.3) is 0 Å². The molecular formula is C15H22O3. The maximum absolute atomic E-state index is 12.1. The van der Waals surface area contributed by atoms with Gasteiger partial charge in [0.15, 0.2) is 11.9 Å². The molecule has 1 aliphatic rings. The predicted molar refractivity (Wildman–Crippen MR) is 71.0 cm³/mol. The Labute approximate surface area is 109 Å². The van der Waals surface area contributed by atoms with E-state index in [4.69, 9.17) is 4.74 Å². The van der Waals surface area contributed by atoms with E-state index >= 15 is 0 Å². The summed E-state index contributed by atoms with van der Waals surface area (Å²) in [5.74, 6) is -0.0646. The number of esters is 1. The van der Waals surface area contributed by atoms with E-state index < -0.39 is 12.1 Å². The summed E-state index contributed by atoms with van der Waals surface area (Å²) in [6.45, 7) is 9.36. The lowest BCUT2D eigenvalue weighted by atomic mass is 9.79. The van der Waals surface area contributed by atoms with Gasteiger partial charge in [0, 0.05) is 11.5 Å². The molecular weight excluding hydrogens is 228 g/mol. The summed E-state index contributed by atoms with van der Waals surface area (Å²) in [4.78, 5) is 23.9. The van der Waals surface area contributed by atoms with Crippen LogP contribution in [0.1, 0.15) is 41.0 Å². The van der Waals surface area contributed by atoms with Gasteiger partial charge in [0.05, 0.1) is 0 Å². The average Bonchev–Trinajstić information content (AvgIpc) is 2.33. The first kappa shape index (κ1) is 14.7. The molecule has 3 heteroatoms. The molecule has 0 radical (unpaired) electrons. The molecule has 0 fully saturated rings. The molecule has 0 aromatic heterocycles. The van der Waals surface area contributed by atoms with E-state index in [1.54, 1.807) is 26.8 Å². The van der Waals surface area contributed by atoms with Crippen LogP contribution in [0.15, 0.2) is 23.3 Å². The number of ether oxygens (including phenoxy) is 1. The zero-order valence-electron chi connectivity index (χ0n) is 11.8. The van der Waals surface area contributed by atoms with Gasteiger partial charge in [0.2, 0.25) is 0 Å². The standard InChI is InChI=1S/C15H22O3/c1-6-10(4)15(17)18-14-12(9(2)3)8-7-11(5)13(14)16/h6-7,9,12,14H,8H2,1-5H3/b10-6-/t12-,14-/m0/s1. The molecule has 1 aliphatic carbocycles. The highest BCUT2D eigenvalue weighted by molar-refractivity contribution is 6.01. The summed E-state index contributed by atoms with van der Waals surface area (Å²) in [6.07, 6.45) is 3.81. The van der Waals surface area contributed by atoms with Crippen molar-refractivity contribution in [2.45, 2.75) is 47.1 Å². The zero-order chi connectivity index (χ0) is 13.9. The van der Waals surface area contributed by atoms with Gasteiger partial charge in [-0.05, 0) is 38.7 Å². The maximum atomic E-state index is 12.1. The highest BCUT2D eigenvalue weighted by Crippen LogP contribution is 2.30. The Kier molecular flexibility index (Phi) is 4.88. The first-order valence-corrected chi connectivity index (χ1v) is 6.43. The van der Waals surface area contributed by atoms with Crippen molar-refractivity contribution in [1.29, 1.82) is 0 Å². The normalized spacial score (nSPS) is 25.1. The second-order valence-corrected chi connectivity index (χ2v) is 5.19. The van der Waals surface area contributed by atoms with E-state index in [9.17, 15) is 9.59 Å². The molecule has 18 heavy (non-hydrogen) atoms. The van der Waals surface area contributed by atoms with Crippen LogP contribution in [0, 0.1) is 11.8 Å². The van der Waals surface area contributed by atoms with Gasteiger partial charge >= 0.3 is 5.97 Å². The van der Waals surface area contributed by atoms with Crippen molar-refractivity contribution in [2.24, 2.45) is 11.8 Å². The number of allylic oxidation sites excluding steroid dienone is 2. The molecule has 0 saturated heterocycles. The largest absolute Gasteiger partial charge is 0.450 e. The average molecular weight is 250 g/mol. The fourth-order valence-electron chi connectivity index (χ4n) is 2.04. The fraction of sp³-hybridized carbons (Fsp3) is 0.600. The molecule has 1 rings (SSSR count). The van der Waals surface area contributed by atoms with Gasteiger partial charge in [-0.25, -0.2) is 4.79 Å². The lowest BCUT2D eigenvalue weighted by Gasteiger charge is -2.31. The van der Waals surface area contributed by atoms with Gasteiger partial charge in [-0.1, -0.05) is 26.0 Å². The first-order chi connectivity index (χ1) is 8.38. The number of carbonyl (C=O) groups is 2. The van der Waals surface area contributed by atoms with Crippen LogP contribution in [-0.2, 0) is 14.3 Å². The van der Waals surface area contributed by atoms with E-state index in [2.05, 4.69) is 13.8 Å². The van der Waals surface area contributed by atoms with Crippen LogP contribution in [0.4, 0.5) is 0 Å². The predicted octanol–water partition coefficient (Wildman–Crippen LogP) is 3.06. The summed E-state index contributed by atoms with van der Waals surface area (Å²) >= 11 is 0. The van der Waals surface area contributed by atoms with Crippen LogP contribution in [0.5, 0.6) is 0 Å². The highest BCUT2D eigenvalue weighted by atomic mass is 16.5. The quantitative estimate of drug-likeness (QED) is 0.571. The van der Waals surface area contributed by atoms with Gasteiger partial charge in [-0.3, -0.25) is 4.79 Å². The fourth-order valence-corrected chi connectivity index (χ4v) is 2.04. The van der Waals surface area contributed by atoms with Crippen LogP contribution >= 0.6 is 0 Å². The summed E-state index contributed by atoms with van der Waals surface area (Å²) in [5.41, 5.74) is 1.24. The van der Waals surface area contributed by atoms with Crippen LogP contribution < -0.4 is 0 Å². The molecule has 0 aliphatic heterocycles. The Hall–Kier alpha value is -1.38. The summed E-state index contributed by atoms with van der Waals surface area (Å²) in [7, 11) is 0. The van der Waals surface area contributed by atoms with E-state index in [0.717, 1.165) is 6.42 Å². The lowest BCUT2D eigenvalue weighted by molar-refractivity contribution is -0.155. The minimum atomic E-state index is -0.627. The molecule has 0 aromatic rings. The van der Waals surface area contributed by atoms with Crippen molar-refractivity contribution in [2.75, 3.05) is 0 Å². The second-order valence-electron chi connectivity index (χ2n) is 5.19. The van der Waals surface area contributed by atoms with E-state index in [1.165, 1.54) is 0 Å². The van der Waals surface area contributed by atoms with Crippen molar-refractivity contribution in [3.8, 4) is 0 Å². The molecule has 0 heterocycles. The molecule has 0 aromatic carbocycles. The van der Waals surface area contributed by atoms with Crippen LogP contribution in [0.2, 0.25) is 0 Å². The Bertz CT molecular complexity index is 402. The van der Waals surface area contributed by atoms with Gasteiger partial charge in [-0.15, -0.1) is 0 Å². The number of rotatable bonds is 3. The number of carbonyl (C=O) groups excluding carboxylic acids is 2. The Morgan fingerprint density at radius 2 is 2.11 bits per heavy atom. The van der Waals surface area contributed by atoms with E-state index in [1.807, 2.05) is 6.08 Å². The Morgan fingerprint density at radius 1 is 1.50 bits per heavy atom. The molecule has 0 unspecified atom stereocenters. The summed E-state index contributed by atoms with van der Waals surface area (Å²) in [5, 5.41) is 0. The summed E-state index contributed by atoms with van der Waals surface area (Å²) < 4.78 is 5.40. The monoisotopic (exact) mass is 250 g/mol. The van der Waals surface area contributed by atoms with Crippen molar-refractivity contribution in [3.63, 3.8) is 0 Å². The van der Waals surface area contributed by atoms with Gasteiger partial charge in [0.1, 0.15) is 0 Å². The zero-order valence-corrected chi connectivity index (χ0v) is 11.8. The highest BCUT2D eigenvalue weighted by Gasteiger charge is 2.36. The topological polar surface area (TPSA) is 43.4 Å². The molecule has 0 spiro atoms. The van der Waals surface area contributed by atoms with Crippen molar-refractivity contribution in [1.82, 2.24) is 0 Å². The molecule has 0 N–H and O–H groups in total. The van der Waals surface area contributed by atoms with Crippen molar-refractivity contribution in [3.05, 3.63) is 23.3 Å².